The SMILES string of the molecule is Cc1cncc(NC(=O)c2cnn3ccc(N4CCC(C(F)(F)F)CC4)nc23)c1. The van der Waals surface area contributed by atoms with Crippen molar-refractivity contribution in [3.8, 4) is 0 Å². The Morgan fingerprint density at radius 2 is 1.97 bits per heavy atom. The maximum atomic E-state index is 12.9. The first-order valence-corrected chi connectivity index (χ1v) is 9.20. The van der Waals surface area contributed by atoms with Gasteiger partial charge >= 0.3 is 6.18 Å². The van der Waals surface area contributed by atoms with Gasteiger partial charge < -0.3 is 10.2 Å². The number of rotatable bonds is 3. The predicted octanol–water partition coefficient (Wildman–Crippen LogP) is 3.46. The number of aryl methyl sites for hydroxylation is 1. The van der Waals surface area contributed by atoms with Gasteiger partial charge in [0.25, 0.3) is 5.91 Å². The summed E-state index contributed by atoms with van der Waals surface area (Å²) >= 11 is 0. The summed E-state index contributed by atoms with van der Waals surface area (Å²) < 4.78 is 40.1. The zero-order chi connectivity index (χ0) is 20.6. The van der Waals surface area contributed by atoms with Gasteiger partial charge in [0.15, 0.2) is 5.65 Å². The molecule has 1 fully saturated rings. The van der Waals surface area contributed by atoms with Gasteiger partial charge in [0.2, 0.25) is 0 Å². The monoisotopic (exact) mass is 404 g/mol. The molecule has 0 spiro atoms. The summed E-state index contributed by atoms with van der Waals surface area (Å²) in [6.45, 7) is 2.39. The minimum absolute atomic E-state index is 0.0311. The maximum absolute atomic E-state index is 12.9. The van der Waals surface area contributed by atoms with Crippen LogP contribution in [0.2, 0.25) is 0 Å². The molecule has 1 aliphatic rings. The van der Waals surface area contributed by atoms with Crippen LogP contribution in [0.4, 0.5) is 24.7 Å². The van der Waals surface area contributed by atoms with Crippen LogP contribution in [-0.4, -0.2) is 44.8 Å². The number of hydrogen-bond donors (Lipinski definition) is 1. The van der Waals surface area contributed by atoms with Gasteiger partial charge in [-0.1, -0.05) is 0 Å². The fourth-order valence-corrected chi connectivity index (χ4v) is 3.45. The molecule has 29 heavy (non-hydrogen) atoms. The lowest BCUT2D eigenvalue weighted by Gasteiger charge is -2.33. The molecule has 1 amide bonds. The molecule has 1 saturated heterocycles. The van der Waals surface area contributed by atoms with Crippen LogP contribution in [0.25, 0.3) is 5.65 Å². The molecule has 0 atom stereocenters. The molecule has 4 heterocycles. The standard InChI is InChI=1S/C19H19F3N6O/c1-12-8-14(10-23-9-12)25-18(29)15-11-24-28-7-4-16(26-17(15)28)27-5-2-13(3-6-27)19(20,21)22/h4,7-11,13H,2-3,5-6H2,1H3,(H,25,29). The molecule has 0 aromatic carbocycles. The summed E-state index contributed by atoms with van der Waals surface area (Å²) in [5.41, 5.74) is 2.09. The number of nitrogens with one attached hydrogen (secondary N) is 1. The molecule has 10 heteroatoms. The van der Waals surface area contributed by atoms with Crippen LogP contribution in [0.3, 0.4) is 0 Å². The van der Waals surface area contributed by atoms with E-state index in [0.29, 0.717) is 17.2 Å². The summed E-state index contributed by atoms with van der Waals surface area (Å²) in [5.74, 6) is -1.13. The third-order valence-electron chi connectivity index (χ3n) is 5.01. The van der Waals surface area contributed by atoms with Gasteiger partial charge in [0.05, 0.1) is 24.0 Å². The van der Waals surface area contributed by atoms with Gasteiger partial charge in [-0.05, 0) is 37.5 Å². The van der Waals surface area contributed by atoms with Crippen molar-refractivity contribution in [2.75, 3.05) is 23.3 Å². The van der Waals surface area contributed by atoms with E-state index in [4.69, 9.17) is 0 Å². The first kappa shape index (κ1) is 19.2. The number of amides is 1. The fraction of sp³-hybridized carbons (Fsp3) is 0.368. The lowest BCUT2D eigenvalue weighted by atomic mass is 9.96. The summed E-state index contributed by atoms with van der Waals surface area (Å²) in [4.78, 5) is 23.0. The van der Waals surface area contributed by atoms with Crippen molar-refractivity contribution in [3.05, 3.63) is 48.0 Å². The van der Waals surface area contributed by atoms with E-state index in [2.05, 4.69) is 20.4 Å². The van der Waals surface area contributed by atoms with Crippen molar-refractivity contribution < 1.29 is 18.0 Å². The molecule has 1 aliphatic heterocycles. The van der Waals surface area contributed by atoms with E-state index in [-0.39, 0.29) is 37.4 Å². The number of halogens is 3. The summed E-state index contributed by atoms with van der Waals surface area (Å²) in [7, 11) is 0. The Labute approximate surface area is 164 Å². The molecular weight excluding hydrogens is 385 g/mol. The van der Waals surface area contributed by atoms with Crippen molar-refractivity contribution in [1.82, 2.24) is 19.6 Å². The second kappa shape index (κ2) is 7.34. The van der Waals surface area contributed by atoms with Crippen LogP contribution in [-0.2, 0) is 0 Å². The summed E-state index contributed by atoms with van der Waals surface area (Å²) in [6.07, 6.45) is 2.19. The normalized spacial score (nSPS) is 15.7. The largest absolute Gasteiger partial charge is 0.391 e. The minimum atomic E-state index is -4.16. The molecule has 0 unspecified atom stereocenters. The Hall–Kier alpha value is -3.17. The Balaban J connectivity index is 1.54. The highest BCUT2D eigenvalue weighted by atomic mass is 19.4. The molecule has 3 aromatic rings. The Morgan fingerprint density at radius 1 is 1.21 bits per heavy atom. The third-order valence-corrected chi connectivity index (χ3v) is 5.01. The van der Waals surface area contributed by atoms with Crippen LogP contribution in [0.5, 0.6) is 0 Å². The van der Waals surface area contributed by atoms with Crippen molar-refractivity contribution in [2.45, 2.75) is 25.9 Å². The highest BCUT2D eigenvalue weighted by molar-refractivity contribution is 6.08. The molecule has 7 nitrogen and oxygen atoms in total. The van der Waals surface area contributed by atoms with Gasteiger partial charge in [-0.3, -0.25) is 9.78 Å². The average molecular weight is 404 g/mol. The lowest BCUT2D eigenvalue weighted by Crippen LogP contribution is -2.39. The Bertz CT molecular complexity index is 1040. The van der Waals surface area contributed by atoms with E-state index < -0.39 is 12.1 Å². The molecule has 0 saturated carbocycles. The first-order valence-electron chi connectivity index (χ1n) is 9.20. The van der Waals surface area contributed by atoms with E-state index in [9.17, 15) is 18.0 Å². The topological polar surface area (TPSA) is 75.4 Å². The molecule has 0 radical (unpaired) electrons. The van der Waals surface area contributed by atoms with E-state index >= 15 is 0 Å². The molecule has 152 valence electrons. The molecule has 4 rings (SSSR count). The summed E-state index contributed by atoms with van der Waals surface area (Å²) in [5, 5.41) is 6.91. The smallest absolute Gasteiger partial charge is 0.356 e. The number of carbonyl (C=O) groups is 1. The van der Waals surface area contributed by atoms with Crippen LogP contribution in [0.1, 0.15) is 28.8 Å². The predicted molar refractivity (Wildman–Crippen MR) is 101 cm³/mol. The number of hydrogen-bond acceptors (Lipinski definition) is 5. The minimum Gasteiger partial charge on any atom is -0.356 e. The number of alkyl halides is 3. The molecule has 0 bridgehead atoms. The van der Waals surface area contributed by atoms with Crippen molar-refractivity contribution in [2.24, 2.45) is 5.92 Å². The Morgan fingerprint density at radius 3 is 2.66 bits per heavy atom. The van der Waals surface area contributed by atoms with Crippen molar-refractivity contribution in [3.63, 3.8) is 0 Å². The van der Waals surface area contributed by atoms with Gasteiger partial charge in [0, 0.05) is 25.5 Å². The average Bonchev–Trinajstić information content (AvgIpc) is 3.11. The molecular formula is C19H19F3N6O. The number of piperidine rings is 1. The van der Waals surface area contributed by atoms with Crippen LogP contribution in [0.15, 0.2) is 36.9 Å². The van der Waals surface area contributed by atoms with Gasteiger partial charge in [-0.2, -0.15) is 18.3 Å². The first-order chi connectivity index (χ1) is 13.8. The van der Waals surface area contributed by atoms with E-state index in [0.717, 1.165) is 5.56 Å². The van der Waals surface area contributed by atoms with Gasteiger partial charge in [0.1, 0.15) is 11.4 Å². The number of carbonyl (C=O) groups excluding carboxylic acids is 1. The highest BCUT2D eigenvalue weighted by Gasteiger charge is 2.41. The van der Waals surface area contributed by atoms with Crippen molar-refractivity contribution >= 4 is 23.1 Å². The number of fused-ring (bicyclic) bond motifs is 1. The van der Waals surface area contributed by atoms with Crippen molar-refractivity contribution in [1.29, 1.82) is 0 Å². The van der Waals surface area contributed by atoms with E-state index in [1.54, 1.807) is 35.6 Å². The second-order valence-electron chi connectivity index (χ2n) is 7.12. The molecule has 0 aliphatic carbocycles. The second-order valence-corrected chi connectivity index (χ2v) is 7.12. The van der Waals surface area contributed by atoms with Gasteiger partial charge in [-0.15, -0.1) is 0 Å². The van der Waals surface area contributed by atoms with Crippen LogP contribution in [0, 0.1) is 12.8 Å². The van der Waals surface area contributed by atoms with E-state index in [1.807, 2.05) is 6.92 Å². The van der Waals surface area contributed by atoms with Gasteiger partial charge in [-0.25, -0.2) is 9.50 Å². The number of pyridine rings is 1. The zero-order valence-electron chi connectivity index (χ0n) is 15.6. The highest BCUT2D eigenvalue weighted by Crippen LogP contribution is 2.35. The quantitative estimate of drug-likeness (QED) is 0.724. The van der Waals surface area contributed by atoms with E-state index in [1.165, 1.54) is 10.7 Å². The lowest BCUT2D eigenvalue weighted by molar-refractivity contribution is -0.179. The molecule has 1 N–H and O–H groups in total. The third kappa shape index (κ3) is 4.01. The van der Waals surface area contributed by atoms with Crippen LogP contribution < -0.4 is 10.2 Å². The Kier molecular flexibility index (Phi) is 4.85. The number of aromatic nitrogens is 4. The number of nitrogens with zero attached hydrogens (tertiary/aromatic N) is 5. The van der Waals surface area contributed by atoms with Crippen LogP contribution >= 0.6 is 0 Å². The number of anilines is 2. The molecule has 3 aromatic heterocycles. The zero-order valence-corrected chi connectivity index (χ0v) is 15.6. The maximum Gasteiger partial charge on any atom is 0.391 e. The fourth-order valence-electron chi connectivity index (χ4n) is 3.45. The summed E-state index contributed by atoms with van der Waals surface area (Å²) in [6, 6.07) is 3.49.